The van der Waals surface area contributed by atoms with E-state index in [4.69, 9.17) is 16.3 Å². The van der Waals surface area contributed by atoms with E-state index in [1.54, 1.807) is 0 Å². The van der Waals surface area contributed by atoms with Crippen molar-refractivity contribution >= 4 is 51.9 Å². The van der Waals surface area contributed by atoms with Gasteiger partial charge in [-0.05, 0) is 74.2 Å². The van der Waals surface area contributed by atoms with Crippen LogP contribution in [0, 0.1) is 5.41 Å². The maximum atomic E-state index is 13.3. The van der Waals surface area contributed by atoms with Crippen LogP contribution in [0.15, 0.2) is 53.0 Å². The van der Waals surface area contributed by atoms with Crippen LogP contribution in [0.5, 0.6) is 0 Å². The molecule has 190 valence electrons. The molecule has 2 aromatic rings. The van der Waals surface area contributed by atoms with Crippen molar-refractivity contribution in [3.63, 3.8) is 0 Å². The van der Waals surface area contributed by atoms with Gasteiger partial charge < -0.3 is 19.9 Å². The summed E-state index contributed by atoms with van der Waals surface area (Å²) in [6.45, 7) is 4.11. The number of rotatable bonds is 7. The van der Waals surface area contributed by atoms with Gasteiger partial charge in [0.15, 0.2) is 0 Å². The Morgan fingerprint density at radius 3 is 2.49 bits per heavy atom. The monoisotopic (exact) mass is 583 g/mol. The average Bonchev–Trinajstić information content (AvgIpc) is 3.13. The molecule has 1 spiro atoms. The Morgan fingerprint density at radius 1 is 1.14 bits per heavy atom. The van der Waals surface area contributed by atoms with Crippen molar-refractivity contribution in [2.24, 2.45) is 5.41 Å². The van der Waals surface area contributed by atoms with E-state index in [-0.39, 0.29) is 23.9 Å². The van der Waals surface area contributed by atoms with Gasteiger partial charge in [0.25, 0.3) is 0 Å². The molecule has 1 unspecified atom stereocenters. The fourth-order valence-corrected chi connectivity index (χ4v) is 5.54. The first-order valence-corrected chi connectivity index (χ1v) is 12.9. The Balaban J connectivity index is 0.00000342. The number of nitrogens with zero attached hydrogens (tertiary/aromatic N) is 2. The smallest absolute Gasteiger partial charge is 0.407 e. The summed E-state index contributed by atoms with van der Waals surface area (Å²) in [5.74, 6) is 0.305. The van der Waals surface area contributed by atoms with E-state index >= 15 is 0 Å². The zero-order chi connectivity index (χ0) is 24.1. The molecule has 6 nitrogen and oxygen atoms in total. The third-order valence-electron chi connectivity index (χ3n) is 7.16. The number of carbonyl (C=O) groups is 2. The molecule has 0 bridgehead atoms. The van der Waals surface area contributed by atoms with E-state index in [0.29, 0.717) is 17.5 Å². The number of hydrogen-bond donors (Lipinski definition) is 1. The second-order valence-corrected chi connectivity index (χ2v) is 10.6. The van der Waals surface area contributed by atoms with Crippen molar-refractivity contribution in [2.45, 2.75) is 38.3 Å². The van der Waals surface area contributed by atoms with Crippen molar-refractivity contribution in [1.82, 2.24) is 15.1 Å². The third-order valence-corrected chi connectivity index (χ3v) is 7.93. The van der Waals surface area contributed by atoms with Crippen LogP contribution in [0.3, 0.4) is 0 Å². The van der Waals surface area contributed by atoms with Crippen LogP contribution in [0.1, 0.15) is 42.9 Å². The summed E-state index contributed by atoms with van der Waals surface area (Å²) < 4.78 is 5.87. The standard InChI is InChI=1S/C26H31BrClN3O3.ClH/c1-34-25(33)29-23(20-3-2-4-22(28)17-20)9-13-30-14-10-26(11-15-30)12-16-31(24(26)32)18-19-5-7-21(27)8-6-19;/h2-8,17,23H,9-16,18H2,1H3,(H,29,33);1H. The first-order valence-electron chi connectivity index (χ1n) is 11.7. The molecular weight excluding hydrogens is 553 g/mol. The van der Waals surface area contributed by atoms with Gasteiger partial charge in [-0.25, -0.2) is 4.79 Å². The molecule has 0 aliphatic carbocycles. The molecule has 0 aromatic heterocycles. The Bertz CT molecular complexity index is 1010. The molecule has 2 aromatic carbocycles. The van der Waals surface area contributed by atoms with Crippen molar-refractivity contribution < 1.29 is 14.3 Å². The number of methoxy groups -OCH3 is 1. The summed E-state index contributed by atoms with van der Waals surface area (Å²) in [4.78, 5) is 29.6. The highest BCUT2D eigenvalue weighted by atomic mass is 79.9. The molecule has 0 saturated carbocycles. The van der Waals surface area contributed by atoms with E-state index in [0.717, 1.165) is 67.5 Å². The number of alkyl carbamates (subject to hydrolysis) is 1. The lowest BCUT2D eigenvalue weighted by Gasteiger charge is -2.38. The molecule has 35 heavy (non-hydrogen) atoms. The normalized spacial score (nSPS) is 18.3. The number of benzene rings is 2. The summed E-state index contributed by atoms with van der Waals surface area (Å²) >= 11 is 9.64. The van der Waals surface area contributed by atoms with Gasteiger partial charge in [-0.1, -0.05) is 51.8 Å². The molecule has 4 rings (SSSR count). The van der Waals surface area contributed by atoms with Crippen LogP contribution < -0.4 is 5.32 Å². The van der Waals surface area contributed by atoms with Gasteiger partial charge in [0.1, 0.15) is 0 Å². The highest BCUT2D eigenvalue weighted by molar-refractivity contribution is 9.10. The molecule has 1 N–H and O–H groups in total. The maximum Gasteiger partial charge on any atom is 0.407 e. The van der Waals surface area contributed by atoms with Gasteiger partial charge in [0.05, 0.1) is 18.6 Å². The van der Waals surface area contributed by atoms with Crippen molar-refractivity contribution in [3.05, 3.63) is 69.2 Å². The van der Waals surface area contributed by atoms with E-state index in [1.165, 1.54) is 7.11 Å². The molecule has 1 atom stereocenters. The second kappa shape index (κ2) is 12.4. The Morgan fingerprint density at radius 2 is 1.83 bits per heavy atom. The molecule has 9 heteroatoms. The molecule has 2 aliphatic rings. The minimum absolute atomic E-state index is 0. The largest absolute Gasteiger partial charge is 0.453 e. The highest BCUT2D eigenvalue weighted by Crippen LogP contribution is 2.42. The van der Waals surface area contributed by atoms with Gasteiger partial charge in [0.2, 0.25) is 5.91 Å². The number of hydrogen-bond acceptors (Lipinski definition) is 4. The average molecular weight is 585 g/mol. The van der Waals surface area contributed by atoms with Crippen LogP contribution in [-0.2, 0) is 16.1 Å². The van der Waals surface area contributed by atoms with Gasteiger partial charge in [-0.15, -0.1) is 12.4 Å². The predicted molar refractivity (Wildman–Crippen MR) is 144 cm³/mol. The quantitative estimate of drug-likeness (QED) is 0.445. The van der Waals surface area contributed by atoms with Crippen molar-refractivity contribution in [3.8, 4) is 0 Å². The fraction of sp³-hybridized carbons (Fsp3) is 0.462. The zero-order valence-corrected chi connectivity index (χ0v) is 23.0. The number of carbonyl (C=O) groups excluding carboxylic acids is 2. The van der Waals surface area contributed by atoms with Crippen LogP contribution in [-0.4, -0.2) is 55.1 Å². The van der Waals surface area contributed by atoms with Crippen LogP contribution in [0.25, 0.3) is 0 Å². The van der Waals surface area contributed by atoms with Crippen LogP contribution in [0.2, 0.25) is 5.02 Å². The van der Waals surface area contributed by atoms with Gasteiger partial charge in [0, 0.05) is 29.1 Å². The maximum absolute atomic E-state index is 13.3. The number of halogens is 3. The lowest BCUT2D eigenvalue weighted by molar-refractivity contribution is -0.138. The Kier molecular flexibility index (Phi) is 9.87. The van der Waals surface area contributed by atoms with E-state index < -0.39 is 6.09 Å². The number of ether oxygens (including phenoxy) is 1. The molecule has 2 heterocycles. The number of amides is 2. The molecule has 2 fully saturated rings. The SMILES string of the molecule is COC(=O)NC(CCN1CCC2(CC1)CCN(Cc1ccc(Br)cc1)C2=O)c1cccc(Cl)c1.Cl. The minimum atomic E-state index is -0.454. The molecule has 2 saturated heterocycles. The Labute approximate surface area is 226 Å². The molecule has 2 amide bonds. The van der Waals surface area contributed by atoms with Crippen LogP contribution in [0.4, 0.5) is 4.79 Å². The van der Waals surface area contributed by atoms with E-state index in [1.807, 2.05) is 41.3 Å². The topological polar surface area (TPSA) is 61.9 Å². The van der Waals surface area contributed by atoms with Crippen molar-refractivity contribution in [1.29, 1.82) is 0 Å². The van der Waals surface area contributed by atoms with Gasteiger partial charge >= 0.3 is 6.09 Å². The van der Waals surface area contributed by atoms with E-state index in [9.17, 15) is 9.59 Å². The van der Waals surface area contributed by atoms with Crippen LogP contribution >= 0.6 is 39.9 Å². The lowest BCUT2D eigenvalue weighted by atomic mass is 9.77. The predicted octanol–water partition coefficient (Wildman–Crippen LogP) is 5.83. The zero-order valence-electron chi connectivity index (χ0n) is 19.8. The number of piperidine rings is 1. The summed E-state index contributed by atoms with van der Waals surface area (Å²) in [6, 6.07) is 15.6. The van der Waals surface area contributed by atoms with Gasteiger partial charge in [-0.2, -0.15) is 0 Å². The first-order chi connectivity index (χ1) is 16.4. The minimum Gasteiger partial charge on any atom is -0.453 e. The van der Waals surface area contributed by atoms with Crippen molar-refractivity contribution in [2.75, 3.05) is 33.3 Å². The molecule has 0 radical (unpaired) electrons. The number of nitrogens with one attached hydrogen (secondary N) is 1. The third kappa shape index (κ3) is 6.91. The van der Waals surface area contributed by atoms with E-state index in [2.05, 4.69) is 38.3 Å². The summed E-state index contributed by atoms with van der Waals surface area (Å²) in [5, 5.41) is 3.57. The molecular formula is C26H32BrCl2N3O3. The van der Waals surface area contributed by atoms with Gasteiger partial charge in [-0.3, -0.25) is 4.79 Å². The summed E-state index contributed by atoms with van der Waals surface area (Å²) in [5.41, 5.74) is 1.90. The fourth-order valence-electron chi connectivity index (χ4n) is 5.08. The second-order valence-electron chi connectivity index (χ2n) is 9.26. The summed E-state index contributed by atoms with van der Waals surface area (Å²) in [7, 11) is 1.37. The number of likely N-dealkylation sites (tertiary alicyclic amines) is 2. The summed E-state index contributed by atoms with van der Waals surface area (Å²) in [6.07, 6.45) is 2.99. The lowest BCUT2D eigenvalue weighted by Crippen LogP contribution is -2.45. The first kappa shape index (κ1) is 27.8. The highest BCUT2D eigenvalue weighted by Gasteiger charge is 2.47. The Hall–Kier alpha value is -1.80. The molecule has 2 aliphatic heterocycles.